The number of halogens is 2. The molecule has 0 aliphatic rings. The highest BCUT2D eigenvalue weighted by Crippen LogP contribution is 2.31. The molecule has 6 heteroatoms. The van der Waals surface area contributed by atoms with Gasteiger partial charge >= 0.3 is 5.97 Å². The van der Waals surface area contributed by atoms with E-state index in [1.165, 1.54) is 11.9 Å². The molecule has 1 aromatic carbocycles. The molecule has 1 rings (SSSR count). The zero-order valence-corrected chi connectivity index (χ0v) is 16.0. The lowest BCUT2D eigenvalue weighted by Crippen LogP contribution is -2.25. The van der Waals surface area contributed by atoms with E-state index in [1.807, 2.05) is 0 Å². The van der Waals surface area contributed by atoms with Crippen molar-refractivity contribution >= 4 is 33.8 Å². The second-order valence-electron chi connectivity index (χ2n) is 6.02. The second kappa shape index (κ2) is 8.31. The molecule has 0 spiro atoms. The van der Waals surface area contributed by atoms with E-state index >= 15 is 0 Å². The van der Waals surface area contributed by atoms with Crippen molar-refractivity contribution in [3.63, 3.8) is 0 Å². The summed E-state index contributed by atoms with van der Waals surface area (Å²) in [4.78, 5) is 11.8. The number of hydrogen-bond acceptors (Lipinski definition) is 4. The Kier molecular flexibility index (Phi) is 7.35. The van der Waals surface area contributed by atoms with Gasteiger partial charge < -0.3 is 4.74 Å². The van der Waals surface area contributed by atoms with Crippen LogP contribution >= 0.6 is 27.9 Å². The van der Waals surface area contributed by atoms with E-state index in [4.69, 9.17) is 4.74 Å². The van der Waals surface area contributed by atoms with E-state index in [1.54, 1.807) is 26.0 Å². The van der Waals surface area contributed by atoms with Crippen LogP contribution in [0.15, 0.2) is 16.6 Å². The molecule has 0 fully saturated rings. The number of carbonyl (C=O) groups excluding carboxylic acids is 1. The molecule has 1 N–H and O–H groups in total. The highest BCUT2D eigenvalue weighted by atomic mass is 79.9. The summed E-state index contributed by atoms with van der Waals surface area (Å²) in [5, 5.41) is 0. The van der Waals surface area contributed by atoms with Crippen LogP contribution in [0.5, 0.6) is 0 Å². The van der Waals surface area contributed by atoms with Crippen LogP contribution in [0, 0.1) is 12.7 Å². The predicted octanol–water partition coefficient (Wildman–Crippen LogP) is 4.93. The van der Waals surface area contributed by atoms with E-state index in [0.717, 1.165) is 4.47 Å². The van der Waals surface area contributed by atoms with Crippen LogP contribution in [0.4, 0.5) is 4.39 Å². The normalized spacial score (nSPS) is 13.0. The van der Waals surface area contributed by atoms with Gasteiger partial charge in [0.1, 0.15) is 5.82 Å². The minimum atomic E-state index is -0.445. The summed E-state index contributed by atoms with van der Waals surface area (Å²) >= 11 is 4.86. The Morgan fingerprint density at radius 2 is 2.09 bits per heavy atom. The lowest BCUT2D eigenvalue weighted by molar-refractivity contribution is -0.143. The molecule has 22 heavy (non-hydrogen) atoms. The molecule has 0 amide bonds. The molecular weight excluding hydrogens is 369 g/mol. The van der Waals surface area contributed by atoms with Crippen LogP contribution in [0.3, 0.4) is 0 Å². The summed E-state index contributed by atoms with van der Waals surface area (Å²) in [5.41, 5.74) is 1.01. The Bertz CT molecular complexity index is 532. The van der Waals surface area contributed by atoms with Crippen molar-refractivity contribution in [1.29, 1.82) is 0 Å². The predicted molar refractivity (Wildman–Crippen MR) is 93.3 cm³/mol. The van der Waals surface area contributed by atoms with E-state index in [9.17, 15) is 9.18 Å². The molecule has 0 saturated heterocycles. The largest absolute Gasteiger partial charge is 0.466 e. The third-order valence-electron chi connectivity index (χ3n) is 2.81. The first-order valence-corrected chi connectivity index (χ1v) is 8.79. The van der Waals surface area contributed by atoms with Crippen molar-refractivity contribution < 1.29 is 13.9 Å². The minimum Gasteiger partial charge on any atom is -0.466 e. The van der Waals surface area contributed by atoms with Gasteiger partial charge in [-0.1, -0.05) is 27.9 Å². The van der Waals surface area contributed by atoms with E-state index in [-0.39, 0.29) is 23.0 Å². The van der Waals surface area contributed by atoms with Gasteiger partial charge in [-0.15, -0.1) is 0 Å². The third kappa shape index (κ3) is 6.26. The number of esters is 1. The third-order valence-corrected chi connectivity index (χ3v) is 4.28. The fourth-order valence-electron chi connectivity index (χ4n) is 1.85. The van der Waals surface area contributed by atoms with Gasteiger partial charge in [0.25, 0.3) is 0 Å². The monoisotopic (exact) mass is 391 g/mol. The molecule has 0 heterocycles. The smallest absolute Gasteiger partial charge is 0.307 e. The second-order valence-corrected chi connectivity index (χ2v) is 8.60. The average Bonchev–Trinajstić information content (AvgIpc) is 2.38. The zero-order chi connectivity index (χ0) is 16.9. The van der Waals surface area contributed by atoms with Crippen LogP contribution in [0.25, 0.3) is 0 Å². The van der Waals surface area contributed by atoms with Gasteiger partial charge in [0.15, 0.2) is 0 Å². The van der Waals surface area contributed by atoms with Crippen LogP contribution < -0.4 is 4.72 Å². The summed E-state index contributed by atoms with van der Waals surface area (Å²) < 4.78 is 23.4. The van der Waals surface area contributed by atoms with Crippen LogP contribution in [-0.2, 0) is 9.53 Å². The minimum absolute atomic E-state index is 0.0511. The molecule has 1 unspecified atom stereocenters. The average molecular weight is 392 g/mol. The summed E-state index contributed by atoms with van der Waals surface area (Å²) in [5.74, 6) is -0.633. The van der Waals surface area contributed by atoms with Crippen molar-refractivity contribution in [3.05, 3.63) is 33.5 Å². The molecule has 1 aromatic rings. The number of carbonyl (C=O) groups is 1. The van der Waals surface area contributed by atoms with Crippen molar-refractivity contribution in [2.75, 3.05) is 6.61 Å². The Labute approximate surface area is 144 Å². The molecule has 0 bridgehead atoms. The van der Waals surface area contributed by atoms with Gasteiger partial charge in [-0.05, 0) is 52.3 Å². The molecule has 0 aliphatic carbocycles. The number of ether oxygens (including phenoxy) is 1. The first-order valence-electron chi connectivity index (χ1n) is 7.18. The lowest BCUT2D eigenvalue weighted by atomic mass is 10.0. The van der Waals surface area contributed by atoms with Gasteiger partial charge in [-0.2, -0.15) is 0 Å². The van der Waals surface area contributed by atoms with Crippen molar-refractivity contribution in [2.45, 2.75) is 51.8 Å². The van der Waals surface area contributed by atoms with Crippen LogP contribution in [0.1, 0.15) is 51.3 Å². The molecular formula is C16H23BrFNO2S. The maximum atomic E-state index is 14.5. The molecule has 3 nitrogen and oxygen atoms in total. The maximum absolute atomic E-state index is 14.5. The summed E-state index contributed by atoms with van der Waals surface area (Å²) in [6, 6.07) is 2.99. The van der Waals surface area contributed by atoms with Gasteiger partial charge in [0, 0.05) is 14.8 Å². The lowest BCUT2D eigenvalue weighted by Gasteiger charge is -2.25. The SMILES string of the molecule is CCOC(=O)CC(NSC(C)(C)C)c1cc(Br)cc(C)c1F. The Morgan fingerprint density at radius 3 is 2.64 bits per heavy atom. The van der Waals surface area contributed by atoms with Crippen LogP contribution in [-0.4, -0.2) is 17.3 Å². The summed E-state index contributed by atoms with van der Waals surface area (Å²) in [6.07, 6.45) is 0.0870. The first-order chi connectivity index (χ1) is 10.1. The topological polar surface area (TPSA) is 38.3 Å². The number of aryl methyl sites for hydroxylation is 1. The quantitative estimate of drug-likeness (QED) is 0.551. The van der Waals surface area contributed by atoms with Crippen molar-refractivity contribution in [2.24, 2.45) is 0 Å². The molecule has 0 aromatic heterocycles. The molecule has 1 atom stereocenters. The zero-order valence-electron chi connectivity index (χ0n) is 13.6. The van der Waals surface area contributed by atoms with E-state index in [0.29, 0.717) is 17.7 Å². The Balaban J connectivity index is 3.05. The molecule has 0 radical (unpaired) electrons. The summed E-state index contributed by atoms with van der Waals surface area (Å²) in [7, 11) is 0. The standard InChI is InChI=1S/C16H23BrFNO2S/c1-6-21-14(20)9-13(19-22-16(3,4)5)12-8-11(17)7-10(2)15(12)18/h7-8,13,19H,6,9H2,1-5H3. The first kappa shape index (κ1) is 19.5. The van der Waals surface area contributed by atoms with Crippen molar-refractivity contribution in [3.8, 4) is 0 Å². The van der Waals surface area contributed by atoms with E-state index in [2.05, 4.69) is 41.4 Å². The molecule has 0 saturated carbocycles. The number of nitrogens with one attached hydrogen (secondary N) is 1. The number of benzene rings is 1. The fourth-order valence-corrected chi connectivity index (χ4v) is 3.15. The highest BCUT2D eigenvalue weighted by Gasteiger charge is 2.24. The number of rotatable bonds is 6. The highest BCUT2D eigenvalue weighted by molar-refractivity contribution is 9.10. The summed E-state index contributed by atoms with van der Waals surface area (Å²) in [6.45, 7) is 9.94. The maximum Gasteiger partial charge on any atom is 0.307 e. The molecule has 0 aliphatic heterocycles. The van der Waals surface area contributed by atoms with E-state index < -0.39 is 6.04 Å². The Hall–Kier alpha value is -0.590. The Morgan fingerprint density at radius 1 is 1.45 bits per heavy atom. The fraction of sp³-hybridized carbons (Fsp3) is 0.562. The van der Waals surface area contributed by atoms with Gasteiger partial charge in [0.05, 0.1) is 19.1 Å². The van der Waals surface area contributed by atoms with Crippen molar-refractivity contribution in [1.82, 2.24) is 4.72 Å². The molecule has 124 valence electrons. The van der Waals surface area contributed by atoms with Gasteiger partial charge in [-0.3, -0.25) is 9.52 Å². The van der Waals surface area contributed by atoms with Gasteiger partial charge in [-0.25, -0.2) is 4.39 Å². The number of hydrogen-bond donors (Lipinski definition) is 1. The van der Waals surface area contributed by atoms with Crippen LogP contribution in [0.2, 0.25) is 0 Å². The van der Waals surface area contributed by atoms with Gasteiger partial charge in [0.2, 0.25) is 0 Å².